The Morgan fingerprint density at radius 2 is 2.24 bits per heavy atom. The highest BCUT2D eigenvalue weighted by Gasteiger charge is 2.17. The van der Waals surface area contributed by atoms with E-state index in [-0.39, 0.29) is 12.7 Å². The zero-order valence-corrected chi connectivity index (χ0v) is 10.9. The first-order chi connectivity index (χ1) is 8.25. The van der Waals surface area contributed by atoms with Crippen LogP contribution in [0.2, 0.25) is 0 Å². The van der Waals surface area contributed by atoms with Crippen molar-refractivity contribution in [2.24, 2.45) is 0 Å². The molecule has 6 heteroatoms. The lowest BCUT2D eigenvalue weighted by molar-refractivity contribution is 0.0917. The average Bonchev–Trinajstić information content (AvgIpc) is 2.39. The molecule has 1 aliphatic rings. The van der Waals surface area contributed by atoms with Crippen LogP contribution in [0, 0.1) is 0 Å². The molecule has 2 heterocycles. The first-order valence-corrected chi connectivity index (χ1v) is 6.28. The smallest absolute Gasteiger partial charge is 0.410 e. The van der Waals surface area contributed by atoms with Gasteiger partial charge in [-0.2, -0.15) is 0 Å². The van der Waals surface area contributed by atoms with E-state index in [4.69, 9.17) is 4.74 Å². The maximum Gasteiger partial charge on any atom is 0.410 e. The molecule has 1 saturated heterocycles. The predicted molar refractivity (Wildman–Crippen MR) is 66.6 cm³/mol. The molecule has 2 rings (SSSR count). The van der Waals surface area contributed by atoms with Gasteiger partial charge in [0.05, 0.1) is 0 Å². The number of amides is 1. The average molecular weight is 300 g/mol. The molecule has 5 nitrogen and oxygen atoms in total. The molecule has 1 amide bonds. The quantitative estimate of drug-likeness (QED) is 0.839. The molecule has 1 aromatic heterocycles. The summed E-state index contributed by atoms with van der Waals surface area (Å²) in [5.74, 6) is 0. The lowest BCUT2D eigenvalue weighted by Crippen LogP contribution is -2.46. The summed E-state index contributed by atoms with van der Waals surface area (Å²) in [7, 11) is 0. The van der Waals surface area contributed by atoms with Gasteiger partial charge in [0.15, 0.2) is 0 Å². The Morgan fingerprint density at radius 3 is 2.88 bits per heavy atom. The lowest BCUT2D eigenvalue weighted by atomic mass is 10.3. The number of carbonyl (C=O) groups is 1. The standard InChI is InChI=1S/C11H14BrN3O2/c12-10-2-1-9(7-14-10)8-17-11(16)15-5-3-13-4-6-15/h1-2,7,13H,3-6,8H2. The summed E-state index contributed by atoms with van der Waals surface area (Å²) >= 11 is 3.25. The molecule has 0 aromatic carbocycles. The SMILES string of the molecule is O=C(OCc1ccc(Br)nc1)N1CCNCC1. The highest BCUT2D eigenvalue weighted by atomic mass is 79.9. The topological polar surface area (TPSA) is 54.5 Å². The number of nitrogens with zero attached hydrogens (tertiary/aromatic N) is 2. The van der Waals surface area contributed by atoms with Crippen molar-refractivity contribution in [1.29, 1.82) is 0 Å². The molecule has 1 fully saturated rings. The molecular weight excluding hydrogens is 286 g/mol. The van der Waals surface area contributed by atoms with Gasteiger partial charge in [-0.15, -0.1) is 0 Å². The fourth-order valence-corrected chi connectivity index (χ4v) is 1.81. The zero-order valence-electron chi connectivity index (χ0n) is 9.36. The Labute approximate surface area is 108 Å². The van der Waals surface area contributed by atoms with Gasteiger partial charge >= 0.3 is 6.09 Å². The summed E-state index contributed by atoms with van der Waals surface area (Å²) in [5.41, 5.74) is 0.886. The Bertz CT molecular complexity index is 377. The van der Waals surface area contributed by atoms with Gasteiger partial charge in [-0.05, 0) is 22.0 Å². The van der Waals surface area contributed by atoms with Crippen molar-refractivity contribution >= 4 is 22.0 Å². The molecule has 0 bridgehead atoms. The van der Waals surface area contributed by atoms with Gasteiger partial charge in [-0.25, -0.2) is 9.78 Å². The molecule has 1 N–H and O–H groups in total. The molecule has 92 valence electrons. The molecule has 0 spiro atoms. The van der Waals surface area contributed by atoms with Crippen molar-refractivity contribution in [3.8, 4) is 0 Å². The number of rotatable bonds is 2. The number of piperazine rings is 1. The van der Waals surface area contributed by atoms with Crippen molar-refractivity contribution in [3.05, 3.63) is 28.5 Å². The second kappa shape index (κ2) is 5.97. The van der Waals surface area contributed by atoms with Crippen LogP contribution >= 0.6 is 15.9 Å². The summed E-state index contributed by atoms with van der Waals surface area (Å²) in [5, 5.41) is 3.18. The monoisotopic (exact) mass is 299 g/mol. The summed E-state index contributed by atoms with van der Waals surface area (Å²) < 4.78 is 5.98. The highest BCUT2D eigenvalue weighted by molar-refractivity contribution is 9.10. The van der Waals surface area contributed by atoms with Gasteiger partial charge in [-0.1, -0.05) is 6.07 Å². The fourth-order valence-electron chi connectivity index (χ4n) is 1.58. The second-order valence-corrected chi connectivity index (χ2v) is 4.59. The van der Waals surface area contributed by atoms with Crippen LogP contribution in [0.5, 0.6) is 0 Å². The van der Waals surface area contributed by atoms with Crippen LogP contribution in [0.3, 0.4) is 0 Å². The van der Waals surface area contributed by atoms with Gasteiger partial charge in [0.25, 0.3) is 0 Å². The van der Waals surface area contributed by atoms with Crippen LogP contribution in [-0.4, -0.2) is 42.2 Å². The number of hydrogen-bond donors (Lipinski definition) is 1. The van der Waals surface area contributed by atoms with Crippen LogP contribution in [-0.2, 0) is 11.3 Å². The highest BCUT2D eigenvalue weighted by Crippen LogP contribution is 2.08. The van der Waals surface area contributed by atoms with Crippen molar-refractivity contribution in [3.63, 3.8) is 0 Å². The maximum atomic E-state index is 11.7. The second-order valence-electron chi connectivity index (χ2n) is 3.78. The van der Waals surface area contributed by atoms with E-state index >= 15 is 0 Å². The van der Waals surface area contributed by atoms with Crippen LogP contribution in [0.15, 0.2) is 22.9 Å². The number of carbonyl (C=O) groups excluding carboxylic acids is 1. The molecular formula is C11H14BrN3O2. The van der Waals surface area contributed by atoms with Gasteiger partial charge in [-0.3, -0.25) is 0 Å². The van der Waals surface area contributed by atoms with E-state index in [0.29, 0.717) is 13.1 Å². The van der Waals surface area contributed by atoms with Crippen LogP contribution in [0.4, 0.5) is 4.79 Å². The molecule has 1 aromatic rings. The molecule has 1 aliphatic heterocycles. The van der Waals surface area contributed by atoms with Crippen molar-refractivity contribution in [2.45, 2.75) is 6.61 Å². The van der Waals surface area contributed by atoms with E-state index in [1.165, 1.54) is 0 Å². The zero-order chi connectivity index (χ0) is 12.1. The third-order valence-electron chi connectivity index (χ3n) is 2.53. The Morgan fingerprint density at radius 1 is 1.47 bits per heavy atom. The largest absolute Gasteiger partial charge is 0.444 e. The molecule has 0 aliphatic carbocycles. The summed E-state index contributed by atoms with van der Waals surface area (Å²) in [6.07, 6.45) is 1.43. The van der Waals surface area contributed by atoms with E-state index < -0.39 is 0 Å². The Balaban J connectivity index is 1.81. The molecule has 0 saturated carbocycles. The van der Waals surface area contributed by atoms with Crippen LogP contribution in [0.25, 0.3) is 0 Å². The van der Waals surface area contributed by atoms with Crippen LogP contribution in [0.1, 0.15) is 5.56 Å². The molecule has 17 heavy (non-hydrogen) atoms. The minimum atomic E-state index is -0.255. The number of pyridine rings is 1. The number of nitrogens with one attached hydrogen (secondary N) is 1. The van der Waals surface area contributed by atoms with Crippen molar-refractivity contribution < 1.29 is 9.53 Å². The van der Waals surface area contributed by atoms with E-state index in [1.807, 2.05) is 12.1 Å². The van der Waals surface area contributed by atoms with E-state index in [9.17, 15) is 4.79 Å². The number of ether oxygens (including phenoxy) is 1. The first-order valence-electron chi connectivity index (χ1n) is 5.48. The maximum absolute atomic E-state index is 11.7. The summed E-state index contributed by atoms with van der Waals surface area (Å²) in [6, 6.07) is 3.70. The van der Waals surface area contributed by atoms with Crippen molar-refractivity contribution in [1.82, 2.24) is 15.2 Å². The molecule has 0 unspecified atom stereocenters. The Hall–Kier alpha value is -1.14. The van der Waals surface area contributed by atoms with E-state index in [2.05, 4.69) is 26.2 Å². The Kier molecular flexibility index (Phi) is 4.33. The molecule has 0 atom stereocenters. The summed E-state index contributed by atoms with van der Waals surface area (Å²) in [4.78, 5) is 17.5. The van der Waals surface area contributed by atoms with Crippen molar-refractivity contribution in [2.75, 3.05) is 26.2 Å². The summed E-state index contributed by atoms with van der Waals surface area (Å²) in [6.45, 7) is 3.34. The predicted octanol–water partition coefficient (Wildman–Crippen LogP) is 1.39. The normalized spacial score (nSPS) is 15.7. The van der Waals surface area contributed by atoms with Gasteiger partial charge < -0.3 is 15.0 Å². The fraction of sp³-hybridized carbons (Fsp3) is 0.455. The van der Waals surface area contributed by atoms with Gasteiger partial charge in [0, 0.05) is 37.9 Å². The first kappa shape index (κ1) is 12.3. The van der Waals surface area contributed by atoms with E-state index in [0.717, 1.165) is 23.3 Å². The van der Waals surface area contributed by atoms with Gasteiger partial charge in [0.1, 0.15) is 11.2 Å². The minimum Gasteiger partial charge on any atom is -0.444 e. The lowest BCUT2D eigenvalue weighted by Gasteiger charge is -2.26. The number of hydrogen-bond acceptors (Lipinski definition) is 4. The number of halogens is 1. The van der Waals surface area contributed by atoms with Crippen LogP contribution < -0.4 is 5.32 Å². The van der Waals surface area contributed by atoms with E-state index in [1.54, 1.807) is 11.1 Å². The molecule has 0 radical (unpaired) electrons. The van der Waals surface area contributed by atoms with Gasteiger partial charge in [0.2, 0.25) is 0 Å². The minimum absolute atomic E-state index is 0.255. The third kappa shape index (κ3) is 3.67. The number of aromatic nitrogens is 1. The third-order valence-corrected chi connectivity index (χ3v) is 3.00.